The van der Waals surface area contributed by atoms with Gasteiger partial charge in [-0.25, -0.2) is 4.79 Å². The van der Waals surface area contributed by atoms with Crippen LogP contribution in [0.5, 0.6) is 0 Å². The summed E-state index contributed by atoms with van der Waals surface area (Å²) in [6, 6.07) is 15.6. The van der Waals surface area contributed by atoms with Crippen LogP contribution in [0.4, 0.5) is 5.69 Å². The largest absolute Gasteiger partial charge is 0.461 e. The molecule has 0 aliphatic rings. The fourth-order valence-corrected chi connectivity index (χ4v) is 2.52. The lowest BCUT2D eigenvalue weighted by atomic mass is 10.2. The molecule has 23 heavy (non-hydrogen) atoms. The van der Waals surface area contributed by atoms with Gasteiger partial charge in [0.25, 0.3) is 5.91 Å². The fraction of sp³-hybridized carbons (Fsp3) is 0.111. The molecule has 0 radical (unpaired) electrons. The first-order valence-electron chi connectivity index (χ1n) is 7.29. The summed E-state index contributed by atoms with van der Waals surface area (Å²) in [6.45, 7) is 1.96. The van der Waals surface area contributed by atoms with E-state index in [1.54, 1.807) is 55.5 Å². The van der Waals surface area contributed by atoms with Crippen LogP contribution in [0.3, 0.4) is 0 Å². The fourth-order valence-electron chi connectivity index (χ4n) is 2.52. The maximum Gasteiger partial charge on any atom is 0.355 e. The number of carbonyl (C=O) groups excluding carboxylic acids is 2. The maximum absolute atomic E-state index is 12.9. The molecule has 0 saturated carbocycles. The molecule has 2 N–H and O–H groups in total. The number of nitrogens with two attached hydrogens (primary N) is 1. The van der Waals surface area contributed by atoms with Crippen LogP contribution in [0.25, 0.3) is 10.9 Å². The summed E-state index contributed by atoms with van der Waals surface area (Å²) in [5.74, 6) is -0.819. The molecule has 0 aliphatic heterocycles. The third-order valence-electron chi connectivity index (χ3n) is 3.53. The van der Waals surface area contributed by atoms with Crippen LogP contribution < -0.4 is 5.73 Å². The number of hydrogen-bond acceptors (Lipinski definition) is 4. The molecule has 3 aromatic rings. The van der Waals surface area contributed by atoms with Crippen LogP contribution in [0.1, 0.15) is 27.8 Å². The third-order valence-corrected chi connectivity index (χ3v) is 3.53. The van der Waals surface area contributed by atoms with Gasteiger partial charge >= 0.3 is 5.97 Å². The number of ether oxygens (including phenoxy) is 1. The normalized spacial score (nSPS) is 10.7. The van der Waals surface area contributed by atoms with Crippen molar-refractivity contribution in [3.05, 3.63) is 65.9 Å². The lowest BCUT2D eigenvalue weighted by Crippen LogP contribution is -2.19. The Morgan fingerprint density at radius 3 is 2.52 bits per heavy atom. The van der Waals surface area contributed by atoms with Gasteiger partial charge in [-0.05, 0) is 43.3 Å². The van der Waals surface area contributed by atoms with Gasteiger partial charge in [-0.15, -0.1) is 0 Å². The van der Waals surface area contributed by atoms with E-state index in [2.05, 4.69) is 0 Å². The van der Waals surface area contributed by atoms with Gasteiger partial charge < -0.3 is 10.5 Å². The number of nitrogen functional groups attached to an aromatic ring is 1. The molecule has 0 aliphatic carbocycles. The van der Waals surface area contributed by atoms with Crippen molar-refractivity contribution < 1.29 is 14.3 Å². The molecule has 116 valence electrons. The Kier molecular flexibility index (Phi) is 3.85. The Morgan fingerprint density at radius 1 is 1.09 bits per heavy atom. The summed E-state index contributed by atoms with van der Waals surface area (Å²) in [5.41, 5.74) is 7.67. The van der Waals surface area contributed by atoms with Gasteiger partial charge in [-0.3, -0.25) is 9.36 Å². The van der Waals surface area contributed by atoms with Crippen molar-refractivity contribution in [3.63, 3.8) is 0 Å². The van der Waals surface area contributed by atoms with E-state index in [9.17, 15) is 9.59 Å². The molecular weight excluding hydrogens is 292 g/mol. The van der Waals surface area contributed by atoms with Crippen LogP contribution in [0, 0.1) is 0 Å². The second kappa shape index (κ2) is 5.96. The Bertz CT molecular complexity index is 882. The van der Waals surface area contributed by atoms with Crippen molar-refractivity contribution in [3.8, 4) is 0 Å². The van der Waals surface area contributed by atoms with Crippen LogP contribution in [-0.2, 0) is 4.74 Å². The number of carbonyl (C=O) groups is 2. The van der Waals surface area contributed by atoms with E-state index in [0.29, 0.717) is 16.8 Å². The molecule has 5 nitrogen and oxygen atoms in total. The smallest absolute Gasteiger partial charge is 0.355 e. The predicted molar refractivity (Wildman–Crippen MR) is 88.5 cm³/mol. The third kappa shape index (κ3) is 2.68. The predicted octanol–water partition coefficient (Wildman–Crippen LogP) is 3.09. The van der Waals surface area contributed by atoms with E-state index in [1.165, 1.54) is 4.57 Å². The zero-order valence-corrected chi connectivity index (χ0v) is 12.7. The van der Waals surface area contributed by atoms with Crippen molar-refractivity contribution >= 4 is 28.5 Å². The summed E-state index contributed by atoms with van der Waals surface area (Å²) in [5, 5.41) is 0.720. The van der Waals surface area contributed by atoms with Crippen LogP contribution in [0.2, 0.25) is 0 Å². The summed E-state index contributed by atoms with van der Waals surface area (Å²) in [4.78, 5) is 25.1. The summed E-state index contributed by atoms with van der Waals surface area (Å²) >= 11 is 0. The van der Waals surface area contributed by atoms with E-state index in [1.807, 2.05) is 6.07 Å². The number of nitrogens with zero attached hydrogens (tertiary/aromatic N) is 1. The van der Waals surface area contributed by atoms with E-state index < -0.39 is 5.97 Å². The molecule has 0 unspecified atom stereocenters. The van der Waals surface area contributed by atoms with Gasteiger partial charge in [0, 0.05) is 16.6 Å². The van der Waals surface area contributed by atoms with E-state index in [0.717, 1.165) is 5.39 Å². The quantitative estimate of drug-likeness (QED) is 0.596. The SMILES string of the molecule is CCOC(=O)c1cc2cc(N)ccc2n1C(=O)c1ccccc1. The van der Waals surface area contributed by atoms with Crippen LogP contribution in [0.15, 0.2) is 54.6 Å². The van der Waals surface area contributed by atoms with Gasteiger partial charge in [0.1, 0.15) is 5.69 Å². The number of aromatic nitrogens is 1. The minimum Gasteiger partial charge on any atom is -0.461 e. The molecule has 3 rings (SSSR count). The van der Waals surface area contributed by atoms with Crippen molar-refractivity contribution in [2.75, 3.05) is 12.3 Å². The molecule has 0 amide bonds. The van der Waals surface area contributed by atoms with Gasteiger partial charge in [-0.1, -0.05) is 18.2 Å². The average Bonchev–Trinajstić information content (AvgIpc) is 2.93. The van der Waals surface area contributed by atoms with E-state index in [4.69, 9.17) is 10.5 Å². The molecular formula is C18H16N2O3. The first-order chi connectivity index (χ1) is 11.1. The minimum atomic E-state index is -0.536. The van der Waals surface area contributed by atoms with E-state index >= 15 is 0 Å². The lowest BCUT2D eigenvalue weighted by molar-refractivity contribution is 0.0510. The molecule has 0 atom stereocenters. The topological polar surface area (TPSA) is 74.3 Å². The first kappa shape index (κ1) is 14.8. The Morgan fingerprint density at radius 2 is 1.83 bits per heavy atom. The lowest BCUT2D eigenvalue weighted by Gasteiger charge is -2.09. The Balaban J connectivity index is 2.22. The molecule has 1 aromatic heterocycles. The zero-order chi connectivity index (χ0) is 16.4. The first-order valence-corrected chi connectivity index (χ1v) is 7.29. The Labute approximate surface area is 133 Å². The van der Waals surface area contributed by atoms with Gasteiger partial charge in [0.05, 0.1) is 12.1 Å². The van der Waals surface area contributed by atoms with Crippen molar-refractivity contribution in [1.29, 1.82) is 0 Å². The number of anilines is 1. The summed E-state index contributed by atoms with van der Waals surface area (Å²) in [6.07, 6.45) is 0. The van der Waals surface area contributed by atoms with Gasteiger partial charge in [0.2, 0.25) is 0 Å². The highest BCUT2D eigenvalue weighted by atomic mass is 16.5. The highest BCUT2D eigenvalue weighted by Gasteiger charge is 2.22. The van der Waals surface area contributed by atoms with Crippen molar-refractivity contribution in [1.82, 2.24) is 4.57 Å². The Hall–Kier alpha value is -3.08. The van der Waals surface area contributed by atoms with Gasteiger partial charge in [-0.2, -0.15) is 0 Å². The molecule has 0 spiro atoms. The highest BCUT2D eigenvalue weighted by molar-refractivity contribution is 6.08. The number of esters is 1. The van der Waals surface area contributed by atoms with Crippen molar-refractivity contribution in [2.45, 2.75) is 6.92 Å². The number of hydrogen-bond donors (Lipinski definition) is 1. The summed E-state index contributed by atoms with van der Waals surface area (Å²) < 4.78 is 6.45. The minimum absolute atomic E-state index is 0.196. The molecule has 0 saturated heterocycles. The van der Waals surface area contributed by atoms with Gasteiger partial charge in [0.15, 0.2) is 0 Å². The summed E-state index contributed by atoms with van der Waals surface area (Å²) in [7, 11) is 0. The molecule has 0 bridgehead atoms. The molecule has 5 heteroatoms. The second-order valence-electron chi connectivity index (χ2n) is 5.07. The number of rotatable bonds is 3. The zero-order valence-electron chi connectivity index (χ0n) is 12.7. The highest BCUT2D eigenvalue weighted by Crippen LogP contribution is 2.24. The number of fused-ring (bicyclic) bond motifs is 1. The van der Waals surface area contributed by atoms with Crippen LogP contribution >= 0.6 is 0 Å². The standard InChI is InChI=1S/C18H16N2O3/c1-2-23-18(22)16-11-13-10-14(19)8-9-15(13)20(16)17(21)12-6-4-3-5-7-12/h3-11H,2,19H2,1H3. The number of benzene rings is 2. The molecule has 1 heterocycles. The maximum atomic E-state index is 12.9. The second-order valence-corrected chi connectivity index (χ2v) is 5.07. The average molecular weight is 308 g/mol. The molecule has 0 fully saturated rings. The van der Waals surface area contributed by atoms with Crippen LogP contribution in [-0.4, -0.2) is 23.1 Å². The molecule has 2 aromatic carbocycles. The monoisotopic (exact) mass is 308 g/mol. The van der Waals surface area contributed by atoms with E-state index in [-0.39, 0.29) is 18.2 Å². The van der Waals surface area contributed by atoms with Crippen molar-refractivity contribution in [2.24, 2.45) is 0 Å².